The van der Waals surface area contributed by atoms with Crippen LogP contribution in [-0.4, -0.2) is 55.4 Å². The topological polar surface area (TPSA) is 99.1 Å². The van der Waals surface area contributed by atoms with Crippen molar-refractivity contribution in [3.8, 4) is 0 Å². The van der Waals surface area contributed by atoms with Gasteiger partial charge in [-0.05, 0) is 13.8 Å². The van der Waals surface area contributed by atoms with Crippen molar-refractivity contribution < 1.29 is 33.7 Å². The summed E-state index contributed by atoms with van der Waals surface area (Å²) in [6.07, 6.45) is -2.89. The predicted octanol–water partition coefficient (Wildman–Crippen LogP) is -0.552. The molecule has 0 heterocycles. The number of ketones is 1. The molecule has 0 fully saturated rings. The fourth-order valence-corrected chi connectivity index (χ4v) is 0.914. The molecule has 0 bridgehead atoms. The van der Waals surface area contributed by atoms with Gasteiger partial charge in [0.1, 0.15) is 19.1 Å². The monoisotopic (exact) mass is 262 g/mol. The van der Waals surface area contributed by atoms with Crippen LogP contribution in [-0.2, 0) is 28.6 Å². The van der Waals surface area contributed by atoms with Crippen molar-refractivity contribution in [2.24, 2.45) is 0 Å². The highest BCUT2D eigenvalue weighted by Gasteiger charge is 2.22. The van der Waals surface area contributed by atoms with Gasteiger partial charge in [-0.3, -0.25) is 9.59 Å². The third-order valence-corrected chi connectivity index (χ3v) is 1.96. The van der Waals surface area contributed by atoms with Crippen LogP contribution in [0, 0.1) is 0 Å². The van der Waals surface area contributed by atoms with E-state index in [-0.39, 0.29) is 13.2 Å². The van der Waals surface area contributed by atoms with Crippen molar-refractivity contribution in [1.29, 1.82) is 0 Å². The van der Waals surface area contributed by atoms with Gasteiger partial charge in [0.05, 0.1) is 6.61 Å². The van der Waals surface area contributed by atoms with Crippen LogP contribution in [0.25, 0.3) is 0 Å². The highest BCUT2D eigenvalue weighted by molar-refractivity contribution is 5.98. The van der Waals surface area contributed by atoms with Gasteiger partial charge in [-0.1, -0.05) is 0 Å². The van der Waals surface area contributed by atoms with Gasteiger partial charge in [-0.2, -0.15) is 0 Å². The first-order valence-electron chi connectivity index (χ1n) is 5.44. The van der Waals surface area contributed by atoms with E-state index in [0.717, 1.165) is 0 Å². The van der Waals surface area contributed by atoms with Gasteiger partial charge in [0.2, 0.25) is 0 Å². The van der Waals surface area contributed by atoms with E-state index < -0.39 is 36.4 Å². The summed E-state index contributed by atoms with van der Waals surface area (Å²) in [5.74, 6) is -2.22. The Balaban J connectivity index is 4.00. The molecule has 0 aliphatic heterocycles. The lowest BCUT2D eigenvalue weighted by molar-refractivity contribution is -0.163. The first-order chi connectivity index (χ1) is 8.38. The minimum Gasteiger partial charge on any atom is -0.463 e. The number of Topliss-reactive ketones (excluding diaryl/α,β-unsaturated/α-hetero) is 1. The Morgan fingerprint density at radius 1 is 1.17 bits per heavy atom. The highest BCUT2D eigenvalue weighted by Crippen LogP contribution is 2.01. The summed E-state index contributed by atoms with van der Waals surface area (Å²) in [7, 11) is 1.45. The normalized spacial score (nSPS) is 13.6. The van der Waals surface area contributed by atoms with E-state index >= 15 is 0 Å². The van der Waals surface area contributed by atoms with Crippen LogP contribution in [0.4, 0.5) is 0 Å². The Bertz CT molecular complexity index is 298. The summed E-state index contributed by atoms with van der Waals surface area (Å²) < 4.78 is 14.0. The van der Waals surface area contributed by atoms with Crippen molar-refractivity contribution >= 4 is 17.7 Å². The zero-order chi connectivity index (χ0) is 14.1. The number of hydrogen-bond acceptors (Lipinski definition) is 7. The quantitative estimate of drug-likeness (QED) is 0.356. The summed E-state index contributed by atoms with van der Waals surface area (Å²) in [5.41, 5.74) is 0. The number of methoxy groups -OCH3 is 1. The molecule has 0 aliphatic carbocycles. The molecule has 0 saturated heterocycles. The van der Waals surface area contributed by atoms with E-state index in [2.05, 4.69) is 14.2 Å². The van der Waals surface area contributed by atoms with E-state index in [1.165, 1.54) is 21.0 Å². The van der Waals surface area contributed by atoms with E-state index in [4.69, 9.17) is 5.11 Å². The minimum absolute atomic E-state index is 0.0600. The van der Waals surface area contributed by atoms with Gasteiger partial charge in [0, 0.05) is 7.11 Å². The minimum atomic E-state index is -1.31. The molecule has 2 unspecified atom stereocenters. The Morgan fingerprint density at radius 3 is 2.28 bits per heavy atom. The second-order valence-electron chi connectivity index (χ2n) is 3.61. The lowest BCUT2D eigenvalue weighted by Crippen LogP contribution is -2.31. The van der Waals surface area contributed by atoms with Crippen molar-refractivity contribution in [3.05, 3.63) is 0 Å². The number of aliphatic hydroxyl groups is 1. The fourth-order valence-electron chi connectivity index (χ4n) is 0.914. The first-order valence-corrected chi connectivity index (χ1v) is 5.44. The number of esters is 2. The molecule has 18 heavy (non-hydrogen) atoms. The third-order valence-electron chi connectivity index (χ3n) is 1.96. The van der Waals surface area contributed by atoms with E-state index in [0.29, 0.717) is 0 Å². The second-order valence-corrected chi connectivity index (χ2v) is 3.61. The standard InChI is InChI=1S/C11H18O7/c1-7(12)11(15)18-8(2)9(13)6-10(14)17-5-4-16-3/h7-8,12H,4-6H2,1-3H3. The molecule has 0 aliphatic rings. The maximum absolute atomic E-state index is 11.5. The smallest absolute Gasteiger partial charge is 0.335 e. The number of ether oxygens (including phenoxy) is 3. The Hall–Kier alpha value is -1.47. The van der Waals surface area contributed by atoms with Gasteiger partial charge >= 0.3 is 11.9 Å². The molecule has 0 rings (SSSR count). The number of hydrogen-bond donors (Lipinski definition) is 1. The summed E-state index contributed by atoms with van der Waals surface area (Å²) >= 11 is 0. The van der Waals surface area contributed by atoms with Crippen molar-refractivity contribution in [1.82, 2.24) is 0 Å². The van der Waals surface area contributed by atoms with Crippen LogP contribution in [0.3, 0.4) is 0 Å². The first kappa shape index (κ1) is 16.5. The van der Waals surface area contributed by atoms with Crippen LogP contribution in [0.5, 0.6) is 0 Å². The summed E-state index contributed by atoms with van der Waals surface area (Å²) in [6.45, 7) is 2.85. The molecular formula is C11H18O7. The lowest BCUT2D eigenvalue weighted by Gasteiger charge is -2.13. The van der Waals surface area contributed by atoms with Crippen LogP contribution in [0.2, 0.25) is 0 Å². The predicted molar refractivity (Wildman–Crippen MR) is 59.7 cm³/mol. The van der Waals surface area contributed by atoms with Crippen molar-refractivity contribution in [2.75, 3.05) is 20.3 Å². The van der Waals surface area contributed by atoms with E-state index in [1.54, 1.807) is 0 Å². The van der Waals surface area contributed by atoms with Gasteiger partial charge in [0.15, 0.2) is 11.9 Å². The molecule has 104 valence electrons. The Kier molecular flexibility index (Phi) is 7.89. The molecular weight excluding hydrogens is 244 g/mol. The Morgan fingerprint density at radius 2 is 1.78 bits per heavy atom. The van der Waals surface area contributed by atoms with Gasteiger partial charge in [-0.15, -0.1) is 0 Å². The van der Waals surface area contributed by atoms with Crippen LogP contribution in [0.1, 0.15) is 20.3 Å². The van der Waals surface area contributed by atoms with Gasteiger partial charge in [0.25, 0.3) is 0 Å². The van der Waals surface area contributed by atoms with Crippen molar-refractivity contribution in [3.63, 3.8) is 0 Å². The summed E-state index contributed by atoms with van der Waals surface area (Å²) in [6, 6.07) is 0. The molecule has 7 nitrogen and oxygen atoms in total. The largest absolute Gasteiger partial charge is 0.463 e. The highest BCUT2D eigenvalue weighted by atomic mass is 16.6. The summed E-state index contributed by atoms with van der Waals surface area (Å²) in [5, 5.41) is 8.89. The molecule has 0 aromatic carbocycles. The van der Waals surface area contributed by atoms with Crippen LogP contribution >= 0.6 is 0 Å². The fraction of sp³-hybridized carbons (Fsp3) is 0.727. The van der Waals surface area contributed by atoms with E-state index in [1.807, 2.05) is 0 Å². The van der Waals surface area contributed by atoms with E-state index in [9.17, 15) is 14.4 Å². The van der Waals surface area contributed by atoms with Gasteiger partial charge in [-0.25, -0.2) is 4.79 Å². The molecule has 2 atom stereocenters. The molecule has 0 aromatic heterocycles. The molecule has 0 spiro atoms. The number of rotatable bonds is 8. The van der Waals surface area contributed by atoms with Crippen LogP contribution < -0.4 is 0 Å². The second kappa shape index (κ2) is 8.60. The average molecular weight is 262 g/mol. The molecule has 0 radical (unpaired) electrons. The number of carbonyl (C=O) groups is 3. The van der Waals surface area contributed by atoms with Crippen molar-refractivity contribution in [2.45, 2.75) is 32.5 Å². The maximum atomic E-state index is 11.5. The van der Waals surface area contributed by atoms with Crippen LogP contribution in [0.15, 0.2) is 0 Å². The molecule has 0 saturated carbocycles. The number of aliphatic hydroxyl groups excluding tert-OH is 1. The molecule has 1 N–H and O–H groups in total. The zero-order valence-electron chi connectivity index (χ0n) is 10.7. The lowest BCUT2D eigenvalue weighted by atomic mass is 10.2. The van der Waals surface area contributed by atoms with Gasteiger partial charge < -0.3 is 19.3 Å². The SMILES string of the molecule is COCCOC(=O)CC(=O)C(C)OC(=O)C(C)O. The zero-order valence-corrected chi connectivity index (χ0v) is 10.7. The maximum Gasteiger partial charge on any atom is 0.335 e. The molecule has 0 amide bonds. The molecule has 7 heteroatoms. The third kappa shape index (κ3) is 6.97. The average Bonchev–Trinajstić information content (AvgIpc) is 2.28. The Labute approximate surface area is 105 Å². The molecule has 0 aromatic rings. The summed E-state index contributed by atoms with van der Waals surface area (Å²) in [4.78, 5) is 33.6. The number of carbonyl (C=O) groups excluding carboxylic acids is 3.